The van der Waals surface area contributed by atoms with Gasteiger partial charge in [0.2, 0.25) is 0 Å². The van der Waals surface area contributed by atoms with Crippen LogP contribution in [0, 0.1) is 0 Å². The van der Waals surface area contributed by atoms with E-state index in [2.05, 4.69) is 10.4 Å². The first-order valence-electron chi connectivity index (χ1n) is 7.51. The molecule has 0 radical (unpaired) electrons. The standard InChI is InChI=1S/C19H16N4S/c20-13-5-1-11(2-6-13)15-9-23-19(22)17-16(10-24-18(15)17)12-3-7-14(21)8-4-12/h1-10H,20-21H2,(H2,22,23). The number of rotatable bonds is 2. The van der Waals surface area contributed by atoms with E-state index in [0.29, 0.717) is 5.82 Å². The Balaban J connectivity index is 1.95. The predicted molar refractivity (Wildman–Crippen MR) is 104 cm³/mol. The Morgan fingerprint density at radius 1 is 0.708 bits per heavy atom. The highest BCUT2D eigenvalue weighted by Crippen LogP contribution is 2.41. The van der Waals surface area contributed by atoms with Gasteiger partial charge in [-0.25, -0.2) is 4.98 Å². The molecule has 0 aliphatic carbocycles. The Labute approximate surface area is 143 Å². The molecule has 118 valence electrons. The molecule has 2 aromatic heterocycles. The fourth-order valence-corrected chi connectivity index (χ4v) is 3.93. The first-order chi connectivity index (χ1) is 11.6. The fourth-order valence-electron chi connectivity index (χ4n) is 2.81. The number of nitrogen functional groups attached to an aromatic ring is 3. The van der Waals surface area contributed by atoms with Crippen molar-refractivity contribution in [1.29, 1.82) is 0 Å². The molecular weight excluding hydrogens is 316 g/mol. The maximum atomic E-state index is 6.19. The summed E-state index contributed by atoms with van der Waals surface area (Å²) in [5, 5.41) is 3.11. The van der Waals surface area contributed by atoms with Gasteiger partial charge < -0.3 is 17.2 Å². The Morgan fingerprint density at radius 3 is 1.83 bits per heavy atom. The van der Waals surface area contributed by atoms with E-state index >= 15 is 0 Å². The summed E-state index contributed by atoms with van der Waals surface area (Å²) < 4.78 is 1.12. The quantitative estimate of drug-likeness (QED) is 0.475. The van der Waals surface area contributed by atoms with E-state index in [1.807, 2.05) is 54.7 Å². The third kappa shape index (κ3) is 2.35. The van der Waals surface area contributed by atoms with Crippen LogP contribution in [0.25, 0.3) is 32.3 Å². The van der Waals surface area contributed by atoms with Crippen LogP contribution < -0.4 is 17.2 Å². The van der Waals surface area contributed by atoms with Crippen molar-refractivity contribution in [2.75, 3.05) is 17.2 Å². The lowest BCUT2D eigenvalue weighted by molar-refractivity contribution is 1.37. The third-order valence-electron chi connectivity index (χ3n) is 4.07. The highest BCUT2D eigenvalue weighted by atomic mass is 32.1. The molecule has 0 unspecified atom stereocenters. The van der Waals surface area contributed by atoms with E-state index in [-0.39, 0.29) is 0 Å². The molecule has 24 heavy (non-hydrogen) atoms. The van der Waals surface area contributed by atoms with Crippen LogP contribution in [0.5, 0.6) is 0 Å². The summed E-state index contributed by atoms with van der Waals surface area (Å²) in [5.74, 6) is 0.539. The highest BCUT2D eigenvalue weighted by molar-refractivity contribution is 7.18. The lowest BCUT2D eigenvalue weighted by Gasteiger charge is -2.07. The van der Waals surface area contributed by atoms with Crippen LogP contribution in [0.3, 0.4) is 0 Å². The number of thiophene rings is 1. The van der Waals surface area contributed by atoms with Crippen LogP contribution in [0.15, 0.2) is 60.1 Å². The Hall–Kier alpha value is -3.05. The second-order valence-corrected chi connectivity index (χ2v) is 6.53. The van der Waals surface area contributed by atoms with E-state index in [1.54, 1.807) is 11.3 Å². The van der Waals surface area contributed by atoms with E-state index in [0.717, 1.165) is 43.7 Å². The summed E-state index contributed by atoms with van der Waals surface area (Å²) in [7, 11) is 0. The Kier molecular flexibility index (Phi) is 3.36. The maximum Gasteiger partial charge on any atom is 0.132 e. The van der Waals surface area contributed by atoms with Gasteiger partial charge in [0.05, 0.1) is 0 Å². The molecule has 0 aliphatic rings. The van der Waals surface area contributed by atoms with Crippen molar-refractivity contribution in [1.82, 2.24) is 4.98 Å². The van der Waals surface area contributed by atoms with Gasteiger partial charge in [0, 0.05) is 38.8 Å². The molecule has 0 bridgehead atoms. The third-order valence-corrected chi connectivity index (χ3v) is 5.08. The summed E-state index contributed by atoms with van der Waals surface area (Å²) in [4.78, 5) is 4.41. The number of hydrogen-bond donors (Lipinski definition) is 3. The number of aromatic nitrogens is 1. The zero-order valence-corrected chi connectivity index (χ0v) is 13.7. The lowest BCUT2D eigenvalue weighted by Crippen LogP contribution is -1.93. The van der Waals surface area contributed by atoms with Gasteiger partial charge in [-0.15, -0.1) is 11.3 Å². The smallest absolute Gasteiger partial charge is 0.132 e. The lowest BCUT2D eigenvalue weighted by atomic mass is 10.0. The minimum Gasteiger partial charge on any atom is -0.399 e. The number of benzene rings is 2. The van der Waals surface area contributed by atoms with Gasteiger partial charge in [0.1, 0.15) is 5.82 Å². The van der Waals surface area contributed by atoms with E-state index < -0.39 is 0 Å². The maximum absolute atomic E-state index is 6.19. The molecule has 2 heterocycles. The van der Waals surface area contributed by atoms with Crippen LogP contribution in [0.1, 0.15) is 0 Å². The van der Waals surface area contributed by atoms with Gasteiger partial charge in [0.25, 0.3) is 0 Å². The minimum atomic E-state index is 0.539. The summed E-state index contributed by atoms with van der Waals surface area (Å²) in [5.41, 5.74) is 23.6. The molecule has 0 aliphatic heterocycles. The largest absolute Gasteiger partial charge is 0.399 e. The zero-order valence-electron chi connectivity index (χ0n) is 12.9. The molecule has 4 nitrogen and oxygen atoms in total. The summed E-state index contributed by atoms with van der Waals surface area (Å²) in [6, 6.07) is 15.6. The molecule has 5 heteroatoms. The Morgan fingerprint density at radius 2 is 1.25 bits per heavy atom. The number of pyridine rings is 1. The fraction of sp³-hybridized carbons (Fsp3) is 0. The molecule has 4 aromatic rings. The number of nitrogens with two attached hydrogens (primary N) is 3. The average Bonchev–Trinajstić information content (AvgIpc) is 3.03. The van der Waals surface area contributed by atoms with Crippen molar-refractivity contribution in [3.63, 3.8) is 0 Å². The molecule has 0 atom stereocenters. The zero-order chi connectivity index (χ0) is 16.7. The first kappa shape index (κ1) is 14.5. The Bertz CT molecular complexity index is 1020. The van der Waals surface area contributed by atoms with E-state index in [9.17, 15) is 0 Å². The van der Waals surface area contributed by atoms with Gasteiger partial charge in [0.15, 0.2) is 0 Å². The second-order valence-electron chi connectivity index (χ2n) is 5.65. The predicted octanol–water partition coefficient (Wildman–Crippen LogP) is 4.38. The molecule has 4 rings (SSSR count). The SMILES string of the molecule is Nc1ccc(-c2cnc(N)c3c(-c4ccc(N)cc4)csc23)cc1. The highest BCUT2D eigenvalue weighted by Gasteiger charge is 2.15. The molecule has 2 aromatic carbocycles. The van der Waals surface area contributed by atoms with Crippen molar-refractivity contribution in [2.45, 2.75) is 0 Å². The topological polar surface area (TPSA) is 90.9 Å². The van der Waals surface area contributed by atoms with E-state index in [4.69, 9.17) is 17.2 Å². The van der Waals surface area contributed by atoms with Crippen LogP contribution in [0.4, 0.5) is 17.2 Å². The van der Waals surface area contributed by atoms with Gasteiger partial charge >= 0.3 is 0 Å². The van der Waals surface area contributed by atoms with E-state index in [1.165, 1.54) is 0 Å². The number of anilines is 3. The monoisotopic (exact) mass is 332 g/mol. The molecule has 0 saturated heterocycles. The molecular formula is C19H16N4S. The van der Waals surface area contributed by atoms with Gasteiger partial charge in [-0.1, -0.05) is 24.3 Å². The van der Waals surface area contributed by atoms with Crippen LogP contribution in [-0.4, -0.2) is 4.98 Å². The number of nitrogens with zero attached hydrogens (tertiary/aromatic N) is 1. The van der Waals surface area contributed by atoms with Crippen LogP contribution >= 0.6 is 11.3 Å². The van der Waals surface area contributed by atoms with Crippen LogP contribution in [0.2, 0.25) is 0 Å². The minimum absolute atomic E-state index is 0.539. The van der Waals surface area contributed by atoms with Crippen LogP contribution in [-0.2, 0) is 0 Å². The van der Waals surface area contributed by atoms with Gasteiger partial charge in [-0.05, 0) is 40.8 Å². The molecule has 0 saturated carbocycles. The van der Waals surface area contributed by atoms with Gasteiger partial charge in [-0.3, -0.25) is 0 Å². The second kappa shape index (κ2) is 5.54. The van der Waals surface area contributed by atoms with Crippen molar-refractivity contribution in [2.24, 2.45) is 0 Å². The summed E-state index contributed by atoms with van der Waals surface area (Å²) >= 11 is 1.67. The molecule has 6 N–H and O–H groups in total. The number of hydrogen-bond acceptors (Lipinski definition) is 5. The molecule has 0 fully saturated rings. The summed E-state index contributed by atoms with van der Waals surface area (Å²) in [6.45, 7) is 0. The van der Waals surface area contributed by atoms with Gasteiger partial charge in [-0.2, -0.15) is 0 Å². The van der Waals surface area contributed by atoms with Crippen molar-refractivity contribution < 1.29 is 0 Å². The molecule has 0 amide bonds. The molecule has 0 spiro atoms. The normalized spacial score (nSPS) is 11.0. The van der Waals surface area contributed by atoms with Crippen molar-refractivity contribution >= 4 is 38.6 Å². The average molecular weight is 332 g/mol. The van der Waals surface area contributed by atoms with Crippen molar-refractivity contribution in [3.8, 4) is 22.3 Å². The summed E-state index contributed by atoms with van der Waals surface area (Å²) in [6.07, 6.45) is 1.83. The first-order valence-corrected chi connectivity index (χ1v) is 8.39. The van der Waals surface area contributed by atoms with Crippen molar-refractivity contribution in [3.05, 3.63) is 60.1 Å². The number of fused-ring (bicyclic) bond motifs is 1.